The molecule has 0 fully saturated rings. The lowest BCUT2D eigenvalue weighted by molar-refractivity contribution is -0.138. The molecule has 0 atom stereocenters. The van der Waals surface area contributed by atoms with Crippen molar-refractivity contribution in [3.63, 3.8) is 0 Å². The lowest BCUT2D eigenvalue weighted by Crippen LogP contribution is -2.47. The molecule has 0 unspecified atom stereocenters. The van der Waals surface area contributed by atoms with E-state index < -0.39 is 11.9 Å². The average molecular weight is 260 g/mol. The number of amides is 1. The summed E-state index contributed by atoms with van der Waals surface area (Å²) in [6.45, 7) is 2.46. The van der Waals surface area contributed by atoms with E-state index in [9.17, 15) is 9.59 Å². The average Bonchev–Trinajstić information content (AvgIpc) is 2.38. The van der Waals surface area contributed by atoms with Crippen LogP contribution in [0, 0.1) is 0 Å². The number of hydrogen-bond donors (Lipinski definition) is 2. The van der Waals surface area contributed by atoms with Crippen LogP contribution in [0.25, 0.3) is 0 Å². The van der Waals surface area contributed by atoms with Gasteiger partial charge in [-0.15, -0.1) is 0 Å². The predicted molar refractivity (Wildman–Crippen MR) is 70.2 cm³/mol. The molecule has 1 aromatic rings. The van der Waals surface area contributed by atoms with Crippen molar-refractivity contribution in [3.8, 4) is 0 Å². The minimum atomic E-state index is -1.18. The van der Waals surface area contributed by atoms with Gasteiger partial charge >= 0.3 is 5.97 Å². The summed E-state index contributed by atoms with van der Waals surface area (Å²) < 4.78 is 0. The summed E-state index contributed by atoms with van der Waals surface area (Å²) in [6.07, 6.45) is 0.709. The molecule has 2 N–H and O–H groups in total. The minimum Gasteiger partial charge on any atom is -0.477 e. The standard InChI is InChI=1S/C14H16N2O3/c1-10-12(14(18)19)13(17)16(9-15-10)8-7-11-5-3-2-4-6-11/h2-6,15H,7-9H2,1H3,(H,18,19). The molecule has 0 saturated carbocycles. The summed E-state index contributed by atoms with van der Waals surface area (Å²) in [6, 6.07) is 9.80. The van der Waals surface area contributed by atoms with E-state index in [1.165, 1.54) is 4.90 Å². The van der Waals surface area contributed by atoms with Crippen molar-refractivity contribution in [3.05, 3.63) is 47.2 Å². The zero-order chi connectivity index (χ0) is 13.8. The minimum absolute atomic E-state index is 0.167. The van der Waals surface area contributed by atoms with Gasteiger partial charge in [0, 0.05) is 12.2 Å². The van der Waals surface area contributed by atoms with Crippen molar-refractivity contribution in [2.75, 3.05) is 13.2 Å². The van der Waals surface area contributed by atoms with Crippen molar-refractivity contribution in [2.24, 2.45) is 0 Å². The second-order valence-electron chi connectivity index (χ2n) is 4.44. The second kappa shape index (κ2) is 5.56. The van der Waals surface area contributed by atoms with Gasteiger partial charge in [-0.05, 0) is 18.9 Å². The van der Waals surface area contributed by atoms with Gasteiger partial charge in [0.25, 0.3) is 5.91 Å². The van der Waals surface area contributed by atoms with Gasteiger partial charge in [-0.25, -0.2) is 4.79 Å². The lowest BCUT2D eigenvalue weighted by atomic mass is 10.1. The molecule has 2 rings (SSSR count). The van der Waals surface area contributed by atoms with Gasteiger partial charge in [0.15, 0.2) is 0 Å². The number of rotatable bonds is 4. The summed E-state index contributed by atoms with van der Waals surface area (Å²) in [5.74, 6) is -1.60. The fourth-order valence-corrected chi connectivity index (χ4v) is 2.03. The molecule has 5 nitrogen and oxygen atoms in total. The SMILES string of the molecule is CC1=C(C(=O)O)C(=O)N(CCc2ccccc2)CN1. The van der Waals surface area contributed by atoms with Crippen molar-refractivity contribution in [2.45, 2.75) is 13.3 Å². The van der Waals surface area contributed by atoms with E-state index in [-0.39, 0.29) is 5.57 Å². The van der Waals surface area contributed by atoms with E-state index >= 15 is 0 Å². The molecule has 0 spiro atoms. The maximum absolute atomic E-state index is 12.0. The summed E-state index contributed by atoms with van der Waals surface area (Å²) >= 11 is 0. The highest BCUT2D eigenvalue weighted by Crippen LogP contribution is 2.13. The van der Waals surface area contributed by atoms with Gasteiger partial charge in [-0.1, -0.05) is 30.3 Å². The third-order valence-corrected chi connectivity index (χ3v) is 3.14. The third kappa shape index (κ3) is 2.93. The van der Waals surface area contributed by atoms with Gasteiger partial charge < -0.3 is 15.3 Å². The van der Waals surface area contributed by atoms with Gasteiger partial charge in [0.05, 0.1) is 6.67 Å². The molecular formula is C14H16N2O3. The molecule has 1 aromatic carbocycles. The van der Waals surface area contributed by atoms with Gasteiger partial charge in [-0.2, -0.15) is 0 Å². The summed E-state index contributed by atoms with van der Waals surface area (Å²) in [5.41, 5.74) is 1.38. The van der Waals surface area contributed by atoms with Crippen molar-refractivity contribution in [1.29, 1.82) is 0 Å². The predicted octanol–water partition coefficient (Wildman–Crippen LogP) is 0.977. The first-order chi connectivity index (χ1) is 9.09. The normalized spacial score (nSPS) is 15.4. The van der Waals surface area contributed by atoms with Crippen LogP contribution >= 0.6 is 0 Å². The molecule has 1 aliphatic heterocycles. The highest BCUT2D eigenvalue weighted by atomic mass is 16.4. The first-order valence-corrected chi connectivity index (χ1v) is 6.11. The van der Waals surface area contributed by atoms with E-state index in [1.807, 2.05) is 30.3 Å². The topological polar surface area (TPSA) is 69.6 Å². The van der Waals surface area contributed by atoms with Gasteiger partial charge in [0.1, 0.15) is 5.57 Å². The number of nitrogens with one attached hydrogen (secondary N) is 1. The number of benzene rings is 1. The molecule has 1 heterocycles. The first-order valence-electron chi connectivity index (χ1n) is 6.11. The fourth-order valence-electron chi connectivity index (χ4n) is 2.03. The van der Waals surface area contributed by atoms with E-state index in [0.29, 0.717) is 25.3 Å². The number of carbonyl (C=O) groups is 2. The number of hydrogen-bond acceptors (Lipinski definition) is 3. The molecule has 0 saturated heterocycles. The van der Waals surface area contributed by atoms with Crippen LogP contribution in [0.4, 0.5) is 0 Å². The highest BCUT2D eigenvalue weighted by Gasteiger charge is 2.29. The number of nitrogens with zero attached hydrogens (tertiary/aromatic N) is 1. The molecule has 5 heteroatoms. The van der Waals surface area contributed by atoms with Crippen LogP contribution in [-0.2, 0) is 16.0 Å². The largest absolute Gasteiger partial charge is 0.477 e. The maximum atomic E-state index is 12.0. The van der Waals surface area contributed by atoms with Gasteiger partial charge in [-0.3, -0.25) is 4.79 Å². The van der Waals surface area contributed by atoms with Crippen molar-refractivity contribution in [1.82, 2.24) is 10.2 Å². The molecule has 19 heavy (non-hydrogen) atoms. The molecule has 1 aliphatic rings. The van der Waals surface area contributed by atoms with Crippen LogP contribution in [0.1, 0.15) is 12.5 Å². The summed E-state index contributed by atoms with van der Waals surface area (Å²) in [7, 11) is 0. The quantitative estimate of drug-likeness (QED) is 0.792. The Bertz CT molecular complexity index is 523. The Morgan fingerprint density at radius 3 is 2.68 bits per heavy atom. The van der Waals surface area contributed by atoms with E-state index in [2.05, 4.69) is 5.32 Å². The second-order valence-corrected chi connectivity index (χ2v) is 4.44. The Balaban J connectivity index is 2.04. The maximum Gasteiger partial charge on any atom is 0.343 e. The van der Waals surface area contributed by atoms with E-state index in [4.69, 9.17) is 5.11 Å². The monoisotopic (exact) mass is 260 g/mol. The Morgan fingerprint density at radius 2 is 2.05 bits per heavy atom. The molecular weight excluding hydrogens is 244 g/mol. The number of carbonyl (C=O) groups excluding carboxylic acids is 1. The van der Waals surface area contributed by atoms with Crippen LogP contribution in [0.3, 0.4) is 0 Å². The Hall–Kier alpha value is -2.30. The summed E-state index contributed by atoms with van der Waals surface area (Å²) in [5, 5.41) is 12.0. The van der Waals surface area contributed by atoms with Crippen LogP contribution < -0.4 is 5.32 Å². The molecule has 0 radical (unpaired) electrons. The smallest absolute Gasteiger partial charge is 0.343 e. The number of carboxylic acid groups (broad SMARTS) is 1. The van der Waals surface area contributed by atoms with Gasteiger partial charge in [0.2, 0.25) is 0 Å². The Labute approximate surface area is 111 Å². The number of allylic oxidation sites excluding steroid dienone is 1. The van der Waals surface area contributed by atoms with Crippen LogP contribution in [0.2, 0.25) is 0 Å². The van der Waals surface area contributed by atoms with Crippen LogP contribution in [0.15, 0.2) is 41.6 Å². The van der Waals surface area contributed by atoms with Crippen molar-refractivity contribution < 1.29 is 14.7 Å². The number of carboxylic acids is 1. The highest BCUT2D eigenvalue weighted by molar-refractivity contribution is 6.16. The Morgan fingerprint density at radius 1 is 1.37 bits per heavy atom. The molecule has 0 aliphatic carbocycles. The van der Waals surface area contributed by atoms with E-state index in [0.717, 1.165) is 5.56 Å². The molecule has 0 aromatic heterocycles. The Kier molecular flexibility index (Phi) is 3.85. The molecule has 100 valence electrons. The first kappa shape index (κ1) is 13.1. The molecule has 1 amide bonds. The van der Waals surface area contributed by atoms with E-state index in [1.54, 1.807) is 6.92 Å². The third-order valence-electron chi connectivity index (χ3n) is 3.14. The zero-order valence-corrected chi connectivity index (χ0v) is 10.7. The van der Waals surface area contributed by atoms with Crippen LogP contribution in [-0.4, -0.2) is 35.1 Å². The zero-order valence-electron chi connectivity index (χ0n) is 10.7. The molecule has 0 bridgehead atoms. The van der Waals surface area contributed by atoms with Crippen molar-refractivity contribution >= 4 is 11.9 Å². The summed E-state index contributed by atoms with van der Waals surface area (Å²) in [4.78, 5) is 24.6. The number of aliphatic carboxylic acids is 1. The fraction of sp³-hybridized carbons (Fsp3) is 0.286. The lowest BCUT2D eigenvalue weighted by Gasteiger charge is -2.29. The van der Waals surface area contributed by atoms with Crippen LogP contribution in [0.5, 0.6) is 0 Å².